The van der Waals surface area contributed by atoms with Gasteiger partial charge in [-0.3, -0.25) is 4.79 Å². The number of nitriles is 1. The van der Waals surface area contributed by atoms with E-state index in [4.69, 9.17) is 14.7 Å². The van der Waals surface area contributed by atoms with Crippen LogP contribution in [0.4, 0.5) is 5.69 Å². The molecule has 2 aromatic rings. The molecule has 5 nitrogen and oxygen atoms in total. The van der Waals surface area contributed by atoms with Crippen LogP contribution in [0.5, 0.6) is 11.5 Å². The number of anilines is 1. The summed E-state index contributed by atoms with van der Waals surface area (Å²) < 4.78 is 11.8. The summed E-state index contributed by atoms with van der Waals surface area (Å²) in [5, 5.41) is 12.0. The molecule has 2 rings (SSSR count). The highest BCUT2D eigenvalue weighted by Crippen LogP contribution is 2.36. The molecule has 0 unspecified atom stereocenters. The van der Waals surface area contributed by atoms with Crippen LogP contribution in [0.1, 0.15) is 30.5 Å². The second-order valence-electron chi connectivity index (χ2n) is 5.63. The molecule has 26 heavy (non-hydrogen) atoms. The van der Waals surface area contributed by atoms with E-state index in [-0.39, 0.29) is 12.5 Å². The number of halogens is 1. The number of carbonyl (C=O) groups excluding carboxylic acids is 1. The van der Waals surface area contributed by atoms with E-state index < -0.39 is 0 Å². The summed E-state index contributed by atoms with van der Waals surface area (Å²) >= 11 is 3.37. The van der Waals surface area contributed by atoms with E-state index in [0.29, 0.717) is 28.1 Å². The topological polar surface area (TPSA) is 71.3 Å². The average Bonchev–Trinajstić information content (AvgIpc) is 2.62. The molecule has 0 bridgehead atoms. The maximum atomic E-state index is 12.4. The Morgan fingerprint density at radius 2 is 2.04 bits per heavy atom. The zero-order valence-electron chi connectivity index (χ0n) is 15.1. The highest BCUT2D eigenvalue weighted by atomic mass is 79.9. The third-order valence-electron chi connectivity index (χ3n) is 3.79. The van der Waals surface area contributed by atoms with E-state index >= 15 is 0 Å². The second kappa shape index (κ2) is 9.25. The normalized spacial score (nSPS) is 10.1. The molecule has 0 aliphatic rings. The number of rotatable bonds is 7. The van der Waals surface area contributed by atoms with E-state index in [1.807, 2.05) is 39.0 Å². The highest BCUT2D eigenvalue weighted by Gasteiger charge is 2.15. The number of para-hydroxylation sites is 1. The number of nitrogens with one attached hydrogen (secondary N) is 1. The maximum absolute atomic E-state index is 12.4. The predicted octanol–water partition coefficient (Wildman–Crippen LogP) is 4.61. The van der Waals surface area contributed by atoms with Crippen molar-refractivity contribution in [2.24, 2.45) is 0 Å². The minimum absolute atomic E-state index is 0.165. The first-order chi connectivity index (χ1) is 12.5. The molecule has 0 spiro atoms. The molecular formula is C20H21BrN2O3. The Balaban J connectivity index is 2.14. The number of ether oxygens (including phenoxy) is 2. The van der Waals surface area contributed by atoms with E-state index in [2.05, 4.69) is 27.3 Å². The van der Waals surface area contributed by atoms with Crippen molar-refractivity contribution in [2.75, 3.05) is 18.5 Å². The number of hydrogen-bond donors (Lipinski definition) is 1. The lowest BCUT2D eigenvalue weighted by Crippen LogP contribution is -2.22. The summed E-state index contributed by atoms with van der Waals surface area (Å²) in [7, 11) is 0. The Hall–Kier alpha value is -2.52. The zero-order valence-corrected chi connectivity index (χ0v) is 16.6. The molecule has 0 aliphatic heterocycles. The lowest BCUT2D eigenvalue weighted by Gasteiger charge is -2.16. The van der Waals surface area contributed by atoms with Crippen LogP contribution in [0.15, 0.2) is 34.8 Å². The fourth-order valence-corrected chi connectivity index (χ4v) is 3.11. The molecule has 0 saturated carbocycles. The van der Waals surface area contributed by atoms with Crippen LogP contribution in [0.2, 0.25) is 0 Å². The largest absolute Gasteiger partial charge is 0.490 e. The Bertz CT molecular complexity index is 844. The van der Waals surface area contributed by atoms with Crippen molar-refractivity contribution in [3.8, 4) is 17.6 Å². The van der Waals surface area contributed by atoms with Gasteiger partial charge in [-0.05, 0) is 53.4 Å². The van der Waals surface area contributed by atoms with Crippen molar-refractivity contribution < 1.29 is 14.3 Å². The predicted molar refractivity (Wildman–Crippen MR) is 105 cm³/mol. The summed E-state index contributed by atoms with van der Waals surface area (Å²) in [6, 6.07) is 11.2. The smallest absolute Gasteiger partial charge is 0.262 e. The van der Waals surface area contributed by atoms with Crippen molar-refractivity contribution in [3.05, 3.63) is 51.5 Å². The SMILES string of the molecule is CCOc1cc(C#N)cc(Br)c1OCC(=O)Nc1c(C)cccc1CC. The van der Waals surface area contributed by atoms with E-state index in [0.717, 1.165) is 23.2 Å². The molecule has 6 heteroatoms. The number of amides is 1. The molecule has 0 fully saturated rings. The molecular weight excluding hydrogens is 396 g/mol. The van der Waals surface area contributed by atoms with Crippen LogP contribution in [0.25, 0.3) is 0 Å². The molecule has 0 saturated heterocycles. The van der Waals surface area contributed by atoms with E-state index in [1.165, 1.54) is 0 Å². The zero-order chi connectivity index (χ0) is 19.1. The number of carbonyl (C=O) groups is 1. The Morgan fingerprint density at radius 3 is 2.69 bits per heavy atom. The molecule has 0 aliphatic carbocycles. The number of aryl methyl sites for hydroxylation is 2. The van der Waals surface area contributed by atoms with Gasteiger partial charge in [-0.2, -0.15) is 5.26 Å². The minimum atomic E-state index is -0.257. The van der Waals surface area contributed by atoms with Gasteiger partial charge in [0.1, 0.15) is 0 Å². The number of hydrogen-bond acceptors (Lipinski definition) is 4. The molecule has 0 heterocycles. The van der Waals surface area contributed by atoms with Crippen molar-refractivity contribution in [1.29, 1.82) is 5.26 Å². The Kier molecular flexibility index (Phi) is 7.05. The summed E-state index contributed by atoms with van der Waals surface area (Å²) in [6.45, 7) is 6.10. The van der Waals surface area contributed by atoms with Gasteiger partial charge in [0.15, 0.2) is 18.1 Å². The van der Waals surface area contributed by atoms with Gasteiger partial charge >= 0.3 is 0 Å². The van der Waals surface area contributed by atoms with Crippen LogP contribution in [-0.2, 0) is 11.2 Å². The number of benzene rings is 2. The molecule has 0 radical (unpaired) electrons. The van der Waals surface area contributed by atoms with Gasteiger partial charge in [-0.25, -0.2) is 0 Å². The number of nitrogens with zero attached hydrogens (tertiary/aromatic N) is 1. The Labute approximate surface area is 162 Å². The molecule has 0 atom stereocenters. The van der Waals surface area contributed by atoms with Gasteiger partial charge in [0, 0.05) is 11.8 Å². The van der Waals surface area contributed by atoms with Crippen molar-refractivity contribution in [3.63, 3.8) is 0 Å². The fraction of sp³-hybridized carbons (Fsp3) is 0.300. The third kappa shape index (κ3) is 4.77. The van der Waals surface area contributed by atoms with Gasteiger partial charge < -0.3 is 14.8 Å². The lowest BCUT2D eigenvalue weighted by atomic mass is 10.1. The molecule has 136 valence electrons. The molecule has 2 aromatic carbocycles. The molecule has 0 aromatic heterocycles. The summed E-state index contributed by atoms with van der Waals surface area (Å²) in [4.78, 5) is 12.4. The van der Waals surface area contributed by atoms with Gasteiger partial charge in [0.25, 0.3) is 5.91 Å². The van der Waals surface area contributed by atoms with Gasteiger partial charge in [0.05, 0.1) is 22.7 Å². The monoisotopic (exact) mass is 416 g/mol. The second-order valence-corrected chi connectivity index (χ2v) is 6.48. The van der Waals surface area contributed by atoms with Crippen LogP contribution < -0.4 is 14.8 Å². The molecule has 1 amide bonds. The van der Waals surface area contributed by atoms with Crippen LogP contribution in [-0.4, -0.2) is 19.1 Å². The van der Waals surface area contributed by atoms with Crippen LogP contribution in [0, 0.1) is 18.3 Å². The van der Waals surface area contributed by atoms with Crippen molar-refractivity contribution in [2.45, 2.75) is 27.2 Å². The quantitative estimate of drug-likeness (QED) is 0.715. The standard InChI is InChI=1S/C20H21BrN2O3/c1-4-15-8-6-7-13(3)19(15)23-18(24)12-26-20-16(21)9-14(11-22)10-17(20)25-5-2/h6-10H,4-5,12H2,1-3H3,(H,23,24). The third-order valence-corrected chi connectivity index (χ3v) is 4.38. The minimum Gasteiger partial charge on any atom is -0.490 e. The summed E-state index contributed by atoms with van der Waals surface area (Å²) in [6.07, 6.45) is 0.827. The average molecular weight is 417 g/mol. The summed E-state index contributed by atoms with van der Waals surface area (Å²) in [5.41, 5.74) is 3.36. The first kappa shape index (κ1) is 19.8. The first-order valence-electron chi connectivity index (χ1n) is 8.37. The highest BCUT2D eigenvalue weighted by molar-refractivity contribution is 9.10. The fourth-order valence-electron chi connectivity index (χ4n) is 2.55. The van der Waals surface area contributed by atoms with Crippen molar-refractivity contribution in [1.82, 2.24) is 0 Å². The van der Waals surface area contributed by atoms with E-state index in [1.54, 1.807) is 12.1 Å². The van der Waals surface area contributed by atoms with Crippen LogP contribution >= 0.6 is 15.9 Å². The van der Waals surface area contributed by atoms with Gasteiger partial charge in [-0.15, -0.1) is 0 Å². The first-order valence-corrected chi connectivity index (χ1v) is 9.17. The van der Waals surface area contributed by atoms with Crippen molar-refractivity contribution >= 4 is 27.5 Å². The van der Waals surface area contributed by atoms with E-state index in [9.17, 15) is 4.79 Å². The Morgan fingerprint density at radius 1 is 1.27 bits per heavy atom. The lowest BCUT2D eigenvalue weighted by molar-refractivity contribution is -0.118. The molecule has 1 N–H and O–H groups in total. The van der Waals surface area contributed by atoms with Gasteiger partial charge in [0.2, 0.25) is 0 Å². The van der Waals surface area contributed by atoms with Crippen LogP contribution in [0.3, 0.4) is 0 Å². The van der Waals surface area contributed by atoms with Gasteiger partial charge in [-0.1, -0.05) is 25.1 Å². The maximum Gasteiger partial charge on any atom is 0.262 e. The summed E-state index contributed by atoms with van der Waals surface area (Å²) in [5.74, 6) is 0.575.